The zero-order valence-corrected chi connectivity index (χ0v) is 17.8. The van der Waals surface area contributed by atoms with E-state index in [9.17, 15) is 8.42 Å². The average Bonchev–Trinajstić information content (AvgIpc) is 2.53. The number of hydrogen-bond donors (Lipinski definition) is 1. The Morgan fingerprint density at radius 1 is 1.04 bits per heavy atom. The summed E-state index contributed by atoms with van der Waals surface area (Å²) in [5.41, 5.74) is 4.26. The summed E-state index contributed by atoms with van der Waals surface area (Å²) in [6.07, 6.45) is 4.21. The maximum Gasteiger partial charge on any atom is 0.267 e. The van der Waals surface area contributed by atoms with Crippen molar-refractivity contribution in [1.29, 1.82) is 0 Å². The summed E-state index contributed by atoms with van der Waals surface area (Å²) in [5, 5.41) is -0.701. The molecule has 0 aliphatic heterocycles. The molecule has 0 bridgehead atoms. The molecule has 0 saturated heterocycles. The summed E-state index contributed by atoms with van der Waals surface area (Å²) in [5.74, 6) is 0. The molecule has 1 rings (SSSR count). The van der Waals surface area contributed by atoms with Gasteiger partial charge in [-0.15, -0.1) is 0 Å². The molecular weight excluding hydrogens is 332 g/mol. The van der Waals surface area contributed by atoms with Gasteiger partial charge in [-0.2, -0.15) is 8.42 Å². The summed E-state index contributed by atoms with van der Waals surface area (Å²) >= 11 is 0. The van der Waals surface area contributed by atoms with Crippen LogP contribution in [0.4, 0.5) is 0 Å². The van der Waals surface area contributed by atoms with Crippen LogP contribution in [0.1, 0.15) is 90.8 Å². The fraction of sp³-hybridized carbons (Fsp3) is 0.714. The van der Waals surface area contributed by atoms with Gasteiger partial charge in [0, 0.05) is 0 Å². The first-order valence-corrected chi connectivity index (χ1v) is 11.0. The lowest BCUT2D eigenvalue weighted by Gasteiger charge is -2.31. The molecule has 3 nitrogen and oxygen atoms in total. The predicted molar refractivity (Wildman–Crippen MR) is 107 cm³/mol. The molecule has 1 aromatic rings. The Balaban J connectivity index is 3.10. The third-order valence-electron chi connectivity index (χ3n) is 5.95. The molecule has 0 fully saturated rings. The van der Waals surface area contributed by atoms with Crippen LogP contribution in [0.5, 0.6) is 0 Å². The third kappa shape index (κ3) is 5.82. The van der Waals surface area contributed by atoms with Gasteiger partial charge in [-0.1, -0.05) is 59.7 Å². The Morgan fingerprint density at radius 2 is 1.60 bits per heavy atom. The van der Waals surface area contributed by atoms with Gasteiger partial charge in [0.15, 0.2) is 0 Å². The average molecular weight is 369 g/mol. The fourth-order valence-corrected chi connectivity index (χ4v) is 3.43. The summed E-state index contributed by atoms with van der Waals surface area (Å²) in [4.78, 5) is 0. The first-order chi connectivity index (χ1) is 11.3. The largest absolute Gasteiger partial charge is 0.285 e. The zero-order valence-electron chi connectivity index (χ0n) is 17.0. The highest BCUT2D eigenvalue weighted by Gasteiger charge is 2.26. The van der Waals surface area contributed by atoms with Gasteiger partial charge < -0.3 is 0 Å². The summed E-state index contributed by atoms with van der Waals surface area (Å²) < 4.78 is 31.5. The van der Waals surface area contributed by atoms with Crippen LogP contribution < -0.4 is 0 Å². The van der Waals surface area contributed by atoms with Gasteiger partial charge in [-0.25, -0.2) is 0 Å². The van der Waals surface area contributed by atoms with E-state index in [1.807, 2.05) is 0 Å². The molecule has 0 spiro atoms. The molecule has 0 aromatic heterocycles. The van der Waals surface area contributed by atoms with Crippen LogP contribution in [0.25, 0.3) is 0 Å². The molecule has 4 heteroatoms. The molecule has 1 atom stereocenters. The Bertz CT molecular complexity index is 672. The van der Waals surface area contributed by atoms with Gasteiger partial charge in [0.2, 0.25) is 0 Å². The van der Waals surface area contributed by atoms with E-state index < -0.39 is 15.4 Å². The molecule has 0 amide bonds. The van der Waals surface area contributed by atoms with Crippen molar-refractivity contribution in [2.24, 2.45) is 0 Å². The normalized spacial score (nSPS) is 14.6. The second kappa shape index (κ2) is 8.22. The van der Waals surface area contributed by atoms with Gasteiger partial charge >= 0.3 is 0 Å². The molecule has 1 N–H and O–H groups in total. The molecule has 0 saturated carbocycles. The van der Waals surface area contributed by atoms with E-state index in [1.165, 1.54) is 16.7 Å². The van der Waals surface area contributed by atoms with E-state index in [1.54, 1.807) is 6.92 Å². The number of benzene rings is 1. The standard InChI is InChI=1S/C21H36O3S/c1-8-20(4,5)18-14-13-17(19(15-18)21(6,7)9-2)12-10-11-16(3)25(22,23)24/h13-16H,8-12H2,1-7H3,(H,22,23,24). The second-order valence-electron chi connectivity index (χ2n) is 8.56. The minimum atomic E-state index is -3.93. The topological polar surface area (TPSA) is 54.4 Å². The Hall–Kier alpha value is -0.870. The molecule has 1 aromatic carbocycles. The summed E-state index contributed by atoms with van der Waals surface area (Å²) in [6, 6.07) is 6.80. The van der Waals surface area contributed by atoms with Crippen molar-refractivity contribution < 1.29 is 13.0 Å². The van der Waals surface area contributed by atoms with Crippen LogP contribution in [0.3, 0.4) is 0 Å². The van der Waals surface area contributed by atoms with Gasteiger partial charge in [0.25, 0.3) is 10.1 Å². The fourth-order valence-electron chi connectivity index (χ4n) is 2.97. The number of aryl methyl sites for hydroxylation is 1. The molecular formula is C21H36O3S. The van der Waals surface area contributed by atoms with Gasteiger partial charge in [-0.05, 0) is 66.5 Å². The molecule has 144 valence electrons. The third-order valence-corrected chi connectivity index (χ3v) is 7.21. The molecule has 0 heterocycles. The lowest BCUT2D eigenvalue weighted by molar-refractivity contribution is 0.463. The highest BCUT2D eigenvalue weighted by atomic mass is 32.2. The maximum absolute atomic E-state index is 11.2. The minimum Gasteiger partial charge on any atom is -0.285 e. The highest BCUT2D eigenvalue weighted by Crippen LogP contribution is 2.35. The van der Waals surface area contributed by atoms with E-state index in [2.05, 4.69) is 59.7 Å². The number of rotatable bonds is 9. The molecule has 0 aliphatic rings. The van der Waals surface area contributed by atoms with E-state index in [-0.39, 0.29) is 10.8 Å². The highest BCUT2D eigenvalue weighted by molar-refractivity contribution is 7.86. The lowest BCUT2D eigenvalue weighted by Crippen LogP contribution is -2.22. The van der Waals surface area contributed by atoms with Gasteiger partial charge in [-0.3, -0.25) is 4.55 Å². The molecule has 0 radical (unpaired) electrons. The first kappa shape index (κ1) is 22.2. The first-order valence-electron chi connectivity index (χ1n) is 9.45. The molecule has 0 aliphatic carbocycles. The smallest absolute Gasteiger partial charge is 0.267 e. The Morgan fingerprint density at radius 3 is 2.08 bits per heavy atom. The van der Waals surface area contributed by atoms with Crippen molar-refractivity contribution >= 4 is 10.1 Å². The minimum absolute atomic E-state index is 0.0871. The quantitative estimate of drug-likeness (QED) is 0.572. The van der Waals surface area contributed by atoms with Crippen molar-refractivity contribution in [3.05, 3.63) is 34.9 Å². The number of hydrogen-bond acceptors (Lipinski definition) is 2. The van der Waals surface area contributed by atoms with Gasteiger partial charge in [0.1, 0.15) is 0 Å². The monoisotopic (exact) mass is 368 g/mol. The summed E-state index contributed by atoms with van der Waals surface area (Å²) in [6.45, 7) is 15.1. The summed E-state index contributed by atoms with van der Waals surface area (Å²) in [7, 11) is -3.93. The maximum atomic E-state index is 11.2. The molecule has 25 heavy (non-hydrogen) atoms. The Kier molecular flexibility index (Phi) is 7.29. The van der Waals surface area contributed by atoms with Crippen molar-refractivity contribution in [2.75, 3.05) is 0 Å². The lowest BCUT2D eigenvalue weighted by atomic mass is 9.74. The van der Waals surface area contributed by atoms with Crippen LogP contribution in [0.2, 0.25) is 0 Å². The van der Waals surface area contributed by atoms with Crippen LogP contribution in [-0.4, -0.2) is 18.2 Å². The van der Waals surface area contributed by atoms with E-state index in [0.717, 1.165) is 25.7 Å². The van der Waals surface area contributed by atoms with E-state index in [0.29, 0.717) is 6.42 Å². The Labute approximate surface area is 155 Å². The van der Waals surface area contributed by atoms with Crippen molar-refractivity contribution in [3.8, 4) is 0 Å². The zero-order chi connectivity index (χ0) is 19.5. The van der Waals surface area contributed by atoms with E-state index >= 15 is 0 Å². The predicted octanol–water partition coefficient (Wildman–Crippen LogP) is 5.66. The van der Waals surface area contributed by atoms with Crippen molar-refractivity contribution in [2.45, 2.75) is 96.7 Å². The van der Waals surface area contributed by atoms with Crippen LogP contribution >= 0.6 is 0 Å². The van der Waals surface area contributed by atoms with Crippen LogP contribution in [0.15, 0.2) is 18.2 Å². The van der Waals surface area contributed by atoms with Crippen LogP contribution in [0, 0.1) is 0 Å². The van der Waals surface area contributed by atoms with Crippen LogP contribution in [-0.2, 0) is 27.4 Å². The van der Waals surface area contributed by atoms with E-state index in [4.69, 9.17) is 4.55 Å². The van der Waals surface area contributed by atoms with Crippen molar-refractivity contribution in [3.63, 3.8) is 0 Å². The second-order valence-corrected chi connectivity index (χ2v) is 10.4. The van der Waals surface area contributed by atoms with Crippen molar-refractivity contribution in [1.82, 2.24) is 0 Å². The van der Waals surface area contributed by atoms with Gasteiger partial charge in [0.05, 0.1) is 5.25 Å². The molecule has 1 unspecified atom stereocenters. The SMILES string of the molecule is CCC(C)(C)c1ccc(CCCC(C)S(=O)(=O)O)c(C(C)(C)CC)c1.